The number of hydrogen-bond donors (Lipinski definition) is 2. The number of aromatic nitrogens is 3. The first-order chi connectivity index (χ1) is 16.1. The Labute approximate surface area is 207 Å². The van der Waals surface area contributed by atoms with Gasteiger partial charge in [-0.1, -0.05) is 0 Å². The molecule has 2 N–H and O–H groups in total. The molecule has 10 heteroatoms. The number of rotatable bonds is 4. The Kier molecular flexibility index (Phi) is 6.79. The highest BCUT2D eigenvalue weighted by Gasteiger charge is 2.31. The SMILES string of the molecule is CN(C(=O)OC(C)(C)C)[C@@H]1CCCN(c2c(Br)cnc3[nH]cc(NC(=O)c4cccnc4)c23)C1. The third-order valence-corrected chi connectivity index (χ3v) is 6.32. The van der Waals surface area contributed by atoms with Crippen LogP contribution in [0.1, 0.15) is 44.0 Å². The van der Waals surface area contributed by atoms with E-state index in [0.717, 1.165) is 34.9 Å². The Morgan fingerprint density at radius 2 is 2.12 bits per heavy atom. The molecular formula is C24H29BrN6O3. The Morgan fingerprint density at radius 1 is 1.32 bits per heavy atom. The molecule has 1 aliphatic heterocycles. The topological polar surface area (TPSA) is 103 Å². The van der Waals surface area contributed by atoms with E-state index in [2.05, 4.69) is 41.1 Å². The van der Waals surface area contributed by atoms with Gasteiger partial charge in [-0.15, -0.1) is 0 Å². The molecule has 3 aromatic heterocycles. The number of anilines is 2. The normalized spacial score (nSPS) is 16.4. The molecule has 3 aromatic rings. The minimum absolute atomic E-state index is 0.00825. The predicted molar refractivity (Wildman–Crippen MR) is 135 cm³/mol. The van der Waals surface area contributed by atoms with Crippen molar-refractivity contribution in [3.05, 3.63) is 47.0 Å². The highest BCUT2D eigenvalue weighted by atomic mass is 79.9. The molecule has 0 aromatic carbocycles. The lowest BCUT2D eigenvalue weighted by atomic mass is 10.0. The molecule has 0 saturated carbocycles. The number of halogens is 1. The van der Waals surface area contributed by atoms with Gasteiger partial charge in [0.2, 0.25) is 0 Å². The number of carbonyl (C=O) groups is 2. The van der Waals surface area contributed by atoms with Gasteiger partial charge in [0.1, 0.15) is 11.2 Å². The van der Waals surface area contributed by atoms with Crippen molar-refractivity contribution >= 4 is 50.3 Å². The lowest BCUT2D eigenvalue weighted by Gasteiger charge is -2.39. The number of amides is 2. The molecule has 4 rings (SSSR count). The highest BCUT2D eigenvalue weighted by Crippen LogP contribution is 2.39. The number of hydrogen-bond acceptors (Lipinski definition) is 6. The molecule has 34 heavy (non-hydrogen) atoms. The van der Waals surface area contributed by atoms with Gasteiger partial charge in [0.25, 0.3) is 5.91 Å². The second-order valence-electron chi connectivity index (χ2n) is 9.41. The van der Waals surface area contributed by atoms with E-state index in [1.807, 2.05) is 20.8 Å². The van der Waals surface area contributed by atoms with Crippen LogP contribution in [0.2, 0.25) is 0 Å². The largest absolute Gasteiger partial charge is 0.444 e. The maximum atomic E-state index is 12.8. The van der Waals surface area contributed by atoms with E-state index in [9.17, 15) is 9.59 Å². The molecule has 0 spiro atoms. The lowest BCUT2D eigenvalue weighted by molar-refractivity contribution is 0.0210. The summed E-state index contributed by atoms with van der Waals surface area (Å²) < 4.78 is 6.39. The van der Waals surface area contributed by atoms with E-state index >= 15 is 0 Å². The summed E-state index contributed by atoms with van der Waals surface area (Å²) in [6, 6.07) is 3.43. The molecule has 0 radical (unpaired) electrons. The number of pyridine rings is 2. The number of fused-ring (bicyclic) bond motifs is 1. The second-order valence-corrected chi connectivity index (χ2v) is 10.3. The van der Waals surface area contributed by atoms with Crippen molar-refractivity contribution in [2.45, 2.75) is 45.3 Å². The summed E-state index contributed by atoms with van der Waals surface area (Å²) in [5, 5.41) is 3.80. The van der Waals surface area contributed by atoms with Gasteiger partial charge in [-0.2, -0.15) is 0 Å². The van der Waals surface area contributed by atoms with Crippen LogP contribution in [-0.4, -0.2) is 63.6 Å². The molecule has 2 amide bonds. The quantitative estimate of drug-likeness (QED) is 0.503. The zero-order chi connectivity index (χ0) is 24.5. The van der Waals surface area contributed by atoms with Crippen LogP contribution in [0.4, 0.5) is 16.2 Å². The van der Waals surface area contributed by atoms with Crippen molar-refractivity contribution in [2.75, 3.05) is 30.4 Å². The van der Waals surface area contributed by atoms with E-state index in [1.54, 1.807) is 42.7 Å². The van der Waals surface area contributed by atoms with Crippen LogP contribution in [0.15, 0.2) is 41.4 Å². The molecule has 9 nitrogen and oxygen atoms in total. The standard InChI is InChI=1S/C24H29BrN6O3/c1-24(2,3)34-23(33)30(4)16-8-6-10-31(14-16)20-17(25)12-27-21-19(20)18(13-28-21)29-22(32)15-7-5-9-26-11-15/h5,7,9,11-13,16H,6,8,10,14H2,1-4H3,(H,27,28)(H,29,32)/t16-/m1/s1. The van der Waals surface area contributed by atoms with Crippen molar-refractivity contribution in [2.24, 2.45) is 0 Å². The van der Waals surface area contributed by atoms with E-state index < -0.39 is 5.60 Å². The summed E-state index contributed by atoms with van der Waals surface area (Å²) in [5.74, 6) is -0.249. The van der Waals surface area contributed by atoms with Gasteiger partial charge in [0, 0.05) is 44.9 Å². The Balaban J connectivity index is 1.62. The summed E-state index contributed by atoms with van der Waals surface area (Å²) in [6.07, 6.45) is 8.12. The molecule has 180 valence electrons. The number of aromatic amines is 1. The zero-order valence-electron chi connectivity index (χ0n) is 19.8. The number of likely N-dealkylation sites (N-methyl/N-ethyl adjacent to an activating group) is 1. The van der Waals surface area contributed by atoms with E-state index in [1.165, 1.54) is 6.20 Å². The zero-order valence-corrected chi connectivity index (χ0v) is 21.3. The Morgan fingerprint density at radius 3 is 2.82 bits per heavy atom. The smallest absolute Gasteiger partial charge is 0.410 e. The lowest BCUT2D eigenvalue weighted by Crippen LogP contribution is -2.50. The van der Waals surface area contributed by atoms with Crippen molar-refractivity contribution in [3.63, 3.8) is 0 Å². The summed E-state index contributed by atoms with van der Waals surface area (Å²) in [4.78, 5) is 41.0. The van der Waals surface area contributed by atoms with Crippen LogP contribution < -0.4 is 10.2 Å². The third kappa shape index (κ3) is 5.16. The summed E-state index contributed by atoms with van der Waals surface area (Å²) in [6.45, 7) is 7.05. The molecule has 0 bridgehead atoms. The van der Waals surface area contributed by atoms with Crippen molar-refractivity contribution in [1.29, 1.82) is 0 Å². The number of nitrogens with zero attached hydrogens (tertiary/aromatic N) is 4. The summed E-state index contributed by atoms with van der Waals surface area (Å²) in [7, 11) is 1.79. The maximum Gasteiger partial charge on any atom is 0.410 e. The molecule has 1 fully saturated rings. The molecule has 1 saturated heterocycles. The molecule has 4 heterocycles. The fourth-order valence-electron chi connectivity index (χ4n) is 4.11. The molecular weight excluding hydrogens is 500 g/mol. The first-order valence-electron chi connectivity index (χ1n) is 11.2. The predicted octanol–water partition coefficient (Wildman–Crippen LogP) is 4.81. The van der Waals surface area contributed by atoms with Gasteiger partial charge in [0.15, 0.2) is 0 Å². The van der Waals surface area contributed by atoms with Gasteiger partial charge in [-0.25, -0.2) is 9.78 Å². The van der Waals surface area contributed by atoms with Crippen LogP contribution >= 0.6 is 15.9 Å². The van der Waals surface area contributed by atoms with E-state index in [-0.39, 0.29) is 18.0 Å². The molecule has 0 aliphatic carbocycles. The first kappa shape index (κ1) is 24.0. The van der Waals surface area contributed by atoms with Crippen LogP contribution in [0, 0.1) is 0 Å². The van der Waals surface area contributed by atoms with Crippen molar-refractivity contribution < 1.29 is 14.3 Å². The fraction of sp³-hybridized carbons (Fsp3) is 0.417. The second kappa shape index (κ2) is 9.61. The fourth-order valence-corrected chi connectivity index (χ4v) is 4.66. The number of carbonyl (C=O) groups excluding carboxylic acids is 2. The summed E-state index contributed by atoms with van der Waals surface area (Å²) in [5.41, 5.74) is 2.15. The van der Waals surface area contributed by atoms with Gasteiger partial charge < -0.3 is 24.8 Å². The average molecular weight is 529 g/mol. The number of H-pyrrole nitrogens is 1. The van der Waals surface area contributed by atoms with Gasteiger partial charge in [-0.3, -0.25) is 9.78 Å². The first-order valence-corrected chi connectivity index (χ1v) is 12.0. The van der Waals surface area contributed by atoms with Crippen LogP contribution in [0.5, 0.6) is 0 Å². The third-order valence-electron chi connectivity index (χ3n) is 5.74. The van der Waals surface area contributed by atoms with Gasteiger partial charge in [-0.05, 0) is 61.7 Å². The molecule has 1 aliphatic rings. The van der Waals surface area contributed by atoms with E-state index in [4.69, 9.17) is 4.74 Å². The average Bonchev–Trinajstić information content (AvgIpc) is 3.20. The molecule has 0 unspecified atom stereocenters. The van der Waals surface area contributed by atoms with Gasteiger partial charge in [0.05, 0.1) is 32.8 Å². The minimum atomic E-state index is -0.549. The summed E-state index contributed by atoms with van der Waals surface area (Å²) >= 11 is 3.66. The van der Waals surface area contributed by atoms with Gasteiger partial charge >= 0.3 is 6.09 Å². The monoisotopic (exact) mass is 528 g/mol. The number of nitrogens with one attached hydrogen (secondary N) is 2. The molecule has 1 atom stereocenters. The van der Waals surface area contributed by atoms with E-state index in [0.29, 0.717) is 23.4 Å². The van der Waals surface area contributed by atoms with Crippen LogP contribution in [-0.2, 0) is 4.74 Å². The van der Waals surface area contributed by atoms with Crippen LogP contribution in [0.3, 0.4) is 0 Å². The minimum Gasteiger partial charge on any atom is -0.444 e. The Bertz CT molecular complexity index is 1190. The van der Waals surface area contributed by atoms with Crippen molar-refractivity contribution in [3.8, 4) is 0 Å². The maximum absolute atomic E-state index is 12.8. The van der Waals surface area contributed by atoms with Crippen LogP contribution in [0.25, 0.3) is 11.0 Å². The highest BCUT2D eigenvalue weighted by molar-refractivity contribution is 9.10. The Hall–Kier alpha value is -3.14. The number of piperidine rings is 1. The van der Waals surface area contributed by atoms with Crippen molar-refractivity contribution in [1.82, 2.24) is 19.9 Å². The number of ether oxygens (including phenoxy) is 1.